The van der Waals surface area contributed by atoms with Gasteiger partial charge in [-0.3, -0.25) is 0 Å². The molecule has 1 aromatic heterocycles. The van der Waals surface area contributed by atoms with E-state index in [1.165, 1.54) is 0 Å². The predicted molar refractivity (Wildman–Crippen MR) is 75.8 cm³/mol. The molecular formula is C15H18N4. The molecule has 1 aromatic carbocycles. The summed E-state index contributed by atoms with van der Waals surface area (Å²) in [6.45, 7) is 3.91. The molecule has 0 bridgehead atoms. The number of aryl methyl sites for hydroxylation is 2. The Morgan fingerprint density at radius 1 is 1.37 bits per heavy atom. The van der Waals surface area contributed by atoms with E-state index in [2.05, 4.69) is 20.9 Å². The van der Waals surface area contributed by atoms with Crippen LogP contribution in [0.4, 0.5) is 5.69 Å². The Balaban J connectivity index is 1.71. The molecule has 0 unspecified atom stereocenters. The molecule has 0 aliphatic carbocycles. The number of nitrogens with zero attached hydrogens (tertiary/aromatic N) is 3. The third-order valence-electron chi connectivity index (χ3n) is 3.08. The third kappa shape index (κ3) is 3.85. The van der Waals surface area contributed by atoms with Crippen LogP contribution in [0.25, 0.3) is 0 Å². The molecule has 0 saturated heterocycles. The smallest absolute Gasteiger partial charge is 0.0994 e. The molecule has 1 heterocycles. The maximum atomic E-state index is 8.87. The number of hydrogen-bond donors (Lipinski definition) is 1. The van der Waals surface area contributed by atoms with Gasteiger partial charge in [0, 0.05) is 31.2 Å². The van der Waals surface area contributed by atoms with Gasteiger partial charge in [-0.2, -0.15) is 5.26 Å². The normalized spacial score (nSPS) is 10.1. The van der Waals surface area contributed by atoms with Crippen molar-refractivity contribution in [2.75, 3.05) is 11.9 Å². The number of anilines is 1. The molecule has 0 aliphatic heterocycles. The molecule has 2 aromatic rings. The molecule has 0 atom stereocenters. The number of aromatic nitrogens is 2. The number of benzene rings is 1. The number of hydrogen-bond acceptors (Lipinski definition) is 3. The van der Waals surface area contributed by atoms with Crippen LogP contribution in [-0.4, -0.2) is 16.1 Å². The van der Waals surface area contributed by atoms with Crippen LogP contribution in [0, 0.1) is 18.3 Å². The highest BCUT2D eigenvalue weighted by atomic mass is 15.0. The van der Waals surface area contributed by atoms with Crippen molar-refractivity contribution in [2.24, 2.45) is 0 Å². The lowest BCUT2D eigenvalue weighted by molar-refractivity contribution is 0.621. The minimum absolute atomic E-state index is 0.741. The van der Waals surface area contributed by atoms with Gasteiger partial charge in [0.05, 0.1) is 18.0 Å². The maximum Gasteiger partial charge on any atom is 0.0994 e. The summed E-state index contributed by atoms with van der Waals surface area (Å²) in [6.07, 6.45) is 7.86. The number of nitrogens with one attached hydrogen (secondary N) is 1. The van der Waals surface area contributed by atoms with E-state index in [1.807, 2.05) is 37.6 Å². The van der Waals surface area contributed by atoms with Crippen molar-refractivity contribution in [2.45, 2.75) is 26.3 Å². The lowest BCUT2D eigenvalue weighted by Crippen LogP contribution is -2.04. The monoisotopic (exact) mass is 254 g/mol. The summed E-state index contributed by atoms with van der Waals surface area (Å²) in [4.78, 5) is 4.02. The van der Waals surface area contributed by atoms with Crippen LogP contribution in [0.5, 0.6) is 0 Å². The Kier molecular flexibility index (Phi) is 4.57. The molecule has 4 nitrogen and oxygen atoms in total. The second-order valence-electron chi connectivity index (χ2n) is 4.58. The molecule has 0 fully saturated rings. The number of nitriles is 1. The molecule has 0 spiro atoms. The van der Waals surface area contributed by atoms with Crippen molar-refractivity contribution in [3.8, 4) is 6.07 Å². The molecular weight excluding hydrogens is 236 g/mol. The molecule has 2 rings (SSSR count). The predicted octanol–water partition coefficient (Wildman–Crippen LogP) is 2.96. The molecule has 0 radical (unpaired) electrons. The fourth-order valence-electron chi connectivity index (χ4n) is 1.97. The van der Waals surface area contributed by atoms with Crippen LogP contribution in [0.2, 0.25) is 0 Å². The van der Waals surface area contributed by atoms with Crippen molar-refractivity contribution >= 4 is 5.69 Å². The Hall–Kier alpha value is -2.28. The summed E-state index contributed by atoms with van der Waals surface area (Å²) in [5, 5.41) is 12.3. The number of rotatable bonds is 6. The molecule has 1 N–H and O–H groups in total. The fraction of sp³-hybridized carbons (Fsp3) is 0.333. The fourth-order valence-corrected chi connectivity index (χ4v) is 1.97. The van der Waals surface area contributed by atoms with Crippen molar-refractivity contribution in [3.05, 3.63) is 48.0 Å². The van der Waals surface area contributed by atoms with Crippen LogP contribution in [0.1, 0.15) is 24.0 Å². The highest BCUT2D eigenvalue weighted by molar-refractivity contribution is 5.51. The zero-order valence-corrected chi connectivity index (χ0v) is 11.1. The van der Waals surface area contributed by atoms with Crippen LogP contribution in [-0.2, 0) is 6.54 Å². The van der Waals surface area contributed by atoms with Crippen molar-refractivity contribution < 1.29 is 0 Å². The van der Waals surface area contributed by atoms with Crippen molar-refractivity contribution in [1.29, 1.82) is 5.26 Å². The molecule has 19 heavy (non-hydrogen) atoms. The van der Waals surface area contributed by atoms with Crippen LogP contribution in [0.3, 0.4) is 0 Å². The quantitative estimate of drug-likeness (QED) is 0.806. The molecule has 4 heteroatoms. The topological polar surface area (TPSA) is 53.6 Å². The van der Waals surface area contributed by atoms with Crippen molar-refractivity contribution in [1.82, 2.24) is 9.55 Å². The van der Waals surface area contributed by atoms with E-state index in [0.717, 1.165) is 42.7 Å². The second-order valence-corrected chi connectivity index (χ2v) is 4.58. The average Bonchev–Trinajstić information content (AvgIpc) is 2.92. The third-order valence-corrected chi connectivity index (χ3v) is 3.08. The van der Waals surface area contributed by atoms with E-state index in [1.54, 1.807) is 6.20 Å². The highest BCUT2D eigenvalue weighted by Crippen LogP contribution is 2.14. The Bertz CT molecular complexity index is 552. The zero-order chi connectivity index (χ0) is 13.5. The summed E-state index contributed by atoms with van der Waals surface area (Å²) >= 11 is 0. The summed E-state index contributed by atoms with van der Waals surface area (Å²) in [5.41, 5.74) is 2.84. The second kappa shape index (κ2) is 6.60. The number of imidazole rings is 1. The average molecular weight is 254 g/mol. The molecule has 98 valence electrons. The van der Waals surface area contributed by atoms with Crippen LogP contribution in [0.15, 0.2) is 36.9 Å². The Labute approximate surface area is 113 Å². The first-order valence-electron chi connectivity index (χ1n) is 6.50. The minimum atomic E-state index is 0.741. The van der Waals surface area contributed by atoms with Crippen molar-refractivity contribution in [3.63, 3.8) is 0 Å². The van der Waals surface area contributed by atoms with Gasteiger partial charge in [-0.1, -0.05) is 0 Å². The minimum Gasteiger partial charge on any atom is -0.385 e. The lowest BCUT2D eigenvalue weighted by atomic mass is 10.1. The molecule has 0 aliphatic rings. The van der Waals surface area contributed by atoms with Gasteiger partial charge in [0.2, 0.25) is 0 Å². The highest BCUT2D eigenvalue weighted by Gasteiger charge is 1.98. The first-order chi connectivity index (χ1) is 9.29. The summed E-state index contributed by atoms with van der Waals surface area (Å²) in [7, 11) is 0. The van der Waals surface area contributed by atoms with Gasteiger partial charge < -0.3 is 9.88 Å². The maximum absolute atomic E-state index is 8.87. The SMILES string of the molecule is Cc1cc(NCCCCn2ccnc2)ccc1C#N. The van der Waals surface area contributed by atoms with Gasteiger partial charge in [0.25, 0.3) is 0 Å². The van der Waals surface area contributed by atoms with E-state index in [-0.39, 0.29) is 0 Å². The van der Waals surface area contributed by atoms with E-state index in [9.17, 15) is 0 Å². The van der Waals surface area contributed by atoms with Crippen LogP contribution < -0.4 is 5.32 Å². The largest absolute Gasteiger partial charge is 0.385 e. The van der Waals surface area contributed by atoms with Gasteiger partial charge in [0.1, 0.15) is 0 Å². The van der Waals surface area contributed by atoms with Gasteiger partial charge in [-0.15, -0.1) is 0 Å². The van der Waals surface area contributed by atoms with E-state index < -0.39 is 0 Å². The first kappa shape index (κ1) is 13.2. The van der Waals surface area contributed by atoms with Crippen LogP contribution >= 0.6 is 0 Å². The van der Waals surface area contributed by atoms with Gasteiger partial charge in [0.15, 0.2) is 0 Å². The van der Waals surface area contributed by atoms with E-state index >= 15 is 0 Å². The van der Waals surface area contributed by atoms with Gasteiger partial charge in [-0.05, 0) is 43.5 Å². The summed E-state index contributed by atoms with van der Waals surface area (Å²) in [5.74, 6) is 0. The van der Waals surface area contributed by atoms with E-state index in [4.69, 9.17) is 5.26 Å². The Morgan fingerprint density at radius 2 is 2.26 bits per heavy atom. The Morgan fingerprint density at radius 3 is 2.95 bits per heavy atom. The first-order valence-corrected chi connectivity index (χ1v) is 6.50. The zero-order valence-electron chi connectivity index (χ0n) is 11.1. The standard InChI is InChI=1S/C15H18N4/c1-13-10-15(5-4-14(13)11-16)18-6-2-3-8-19-9-7-17-12-19/h4-5,7,9-10,12,18H,2-3,6,8H2,1H3. The molecule has 0 saturated carbocycles. The lowest BCUT2D eigenvalue weighted by Gasteiger charge is -2.08. The summed E-state index contributed by atoms with van der Waals surface area (Å²) < 4.78 is 2.09. The molecule has 0 amide bonds. The summed E-state index contributed by atoms with van der Waals surface area (Å²) in [6, 6.07) is 8.02. The van der Waals surface area contributed by atoms with Gasteiger partial charge in [-0.25, -0.2) is 4.98 Å². The van der Waals surface area contributed by atoms with Gasteiger partial charge >= 0.3 is 0 Å². The number of unbranched alkanes of at least 4 members (excludes halogenated alkanes) is 1. The van der Waals surface area contributed by atoms with E-state index in [0.29, 0.717) is 0 Å².